The molecule has 130 valence electrons. The summed E-state index contributed by atoms with van der Waals surface area (Å²) in [6, 6.07) is 7.28. The molecule has 2 unspecified atom stereocenters. The molecule has 2 aromatic carbocycles. The van der Waals surface area contributed by atoms with Crippen LogP contribution in [0, 0.1) is 17.1 Å². The molecule has 9 heteroatoms. The van der Waals surface area contributed by atoms with Gasteiger partial charge in [-0.25, -0.2) is 8.78 Å². The van der Waals surface area contributed by atoms with Crippen LogP contribution in [0.2, 0.25) is 0 Å². The number of rotatable bonds is 3. The highest BCUT2D eigenvalue weighted by molar-refractivity contribution is 7.97. The van der Waals surface area contributed by atoms with Crippen LogP contribution in [0.4, 0.5) is 17.6 Å². The zero-order valence-electron chi connectivity index (χ0n) is 12.3. The summed E-state index contributed by atoms with van der Waals surface area (Å²) in [6.45, 7) is 0. The van der Waals surface area contributed by atoms with Crippen molar-refractivity contribution in [1.29, 1.82) is 5.26 Å². The lowest BCUT2D eigenvalue weighted by atomic mass is 10.1. The molecule has 0 saturated carbocycles. The van der Waals surface area contributed by atoms with Gasteiger partial charge in [0.05, 0.1) is 11.6 Å². The Hall–Kier alpha value is -2.28. The number of halogens is 4. The van der Waals surface area contributed by atoms with Gasteiger partial charge in [-0.05, 0) is 36.2 Å². The highest BCUT2D eigenvalue weighted by Crippen LogP contribution is 2.57. The maximum absolute atomic E-state index is 14.3. The molecule has 25 heavy (non-hydrogen) atoms. The van der Waals surface area contributed by atoms with E-state index in [1.165, 1.54) is 18.2 Å². The number of benzene rings is 2. The van der Waals surface area contributed by atoms with Gasteiger partial charge in [0.15, 0.2) is 6.17 Å². The van der Waals surface area contributed by atoms with Gasteiger partial charge in [-0.1, -0.05) is 0 Å². The number of hydrogen-bond acceptors (Lipinski definition) is 5. The number of aliphatic hydroxyl groups is 1. The SMILES string of the molecule is N#Cc1cc(F)cc(Oc2ccc(SN)c3c2C(F)C(F)(F)C3O)c1. The van der Waals surface area contributed by atoms with Crippen LogP contribution in [0.5, 0.6) is 11.5 Å². The maximum Gasteiger partial charge on any atom is 0.312 e. The minimum absolute atomic E-state index is 0.0528. The van der Waals surface area contributed by atoms with Crippen molar-refractivity contribution in [3.05, 3.63) is 52.8 Å². The van der Waals surface area contributed by atoms with Gasteiger partial charge in [0, 0.05) is 22.1 Å². The highest BCUT2D eigenvalue weighted by Gasteiger charge is 2.58. The maximum atomic E-state index is 14.3. The fourth-order valence-electron chi connectivity index (χ4n) is 2.67. The van der Waals surface area contributed by atoms with Crippen LogP contribution in [0.3, 0.4) is 0 Å². The van der Waals surface area contributed by atoms with Gasteiger partial charge in [0.1, 0.15) is 23.4 Å². The number of fused-ring (bicyclic) bond motifs is 1. The van der Waals surface area contributed by atoms with Crippen LogP contribution < -0.4 is 9.88 Å². The summed E-state index contributed by atoms with van der Waals surface area (Å²) in [7, 11) is 0. The third kappa shape index (κ3) is 2.82. The Morgan fingerprint density at radius 2 is 1.96 bits per heavy atom. The Bertz CT molecular complexity index is 885. The van der Waals surface area contributed by atoms with Crippen molar-refractivity contribution in [3.8, 4) is 17.6 Å². The molecule has 3 N–H and O–H groups in total. The van der Waals surface area contributed by atoms with Crippen LogP contribution in [0.1, 0.15) is 29.0 Å². The quantitative estimate of drug-likeness (QED) is 0.627. The average molecular weight is 370 g/mol. The van der Waals surface area contributed by atoms with Gasteiger partial charge in [-0.2, -0.15) is 14.0 Å². The number of nitrogens with zero attached hydrogens (tertiary/aromatic N) is 1. The van der Waals surface area contributed by atoms with E-state index in [0.29, 0.717) is 11.9 Å². The molecule has 0 spiro atoms. The Labute approximate surface area is 144 Å². The van der Waals surface area contributed by atoms with Crippen molar-refractivity contribution in [2.75, 3.05) is 0 Å². The monoisotopic (exact) mass is 370 g/mol. The van der Waals surface area contributed by atoms with E-state index in [1.54, 1.807) is 6.07 Å². The van der Waals surface area contributed by atoms with E-state index in [2.05, 4.69) is 0 Å². The summed E-state index contributed by atoms with van der Waals surface area (Å²) in [5, 5.41) is 24.0. The number of ether oxygens (including phenoxy) is 1. The van der Waals surface area contributed by atoms with Crippen molar-refractivity contribution in [3.63, 3.8) is 0 Å². The third-order valence-electron chi connectivity index (χ3n) is 3.79. The van der Waals surface area contributed by atoms with E-state index >= 15 is 0 Å². The van der Waals surface area contributed by atoms with Gasteiger partial charge in [-0.15, -0.1) is 0 Å². The third-order valence-corrected chi connectivity index (χ3v) is 4.40. The molecule has 0 aromatic heterocycles. The second-order valence-electron chi connectivity index (χ2n) is 5.34. The Morgan fingerprint density at radius 3 is 2.60 bits per heavy atom. The number of hydrogen-bond donors (Lipinski definition) is 2. The largest absolute Gasteiger partial charge is 0.457 e. The van der Waals surface area contributed by atoms with Crippen molar-refractivity contribution in [2.45, 2.75) is 23.1 Å². The number of nitrogens with two attached hydrogens (primary N) is 1. The Morgan fingerprint density at radius 1 is 1.24 bits per heavy atom. The summed E-state index contributed by atoms with van der Waals surface area (Å²) in [5.74, 6) is -5.30. The van der Waals surface area contributed by atoms with E-state index in [0.717, 1.165) is 12.1 Å². The second kappa shape index (κ2) is 6.22. The lowest BCUT2D eigenvalue weighted by molar-refractivity contribution is -0.143. The number of nitriles is 1. The van der Waals surface area contributed by atoms with E-state index in [1.807, 2.05) is 0 Å². The molecular formula is C16H10F4N2O2S. The van der Waals surface area contributed by atoms with E-state index in [4.69, 9.17) is 15.1 Å². The average Bonchev–Trinajstić information content (AvgIpc) is 2.76. The molecule has 1 aliphatic carbocycles. The molecule has 2 aromatic rings. The summed E-state index contributed by atoms with van der Waals surface area (Å²) < 4.78 is 60.9. The Kier molecular flexibility index (Phi) is 4.36. The summed E-state index contributed by atoms with van der Waals surface area (Å²) >= 11 is 0.586. The van der Waals surface area contributed by atoms with Gasteiger partial charge in [0.2, 0.25) is 0 Å². The lowest BCUT2D eigenvalue weighted by Crippen LogP contribution is -2.24. The molecule has 1 aliphatic rings. The summed E-state index contributed by atoms with van der Waals surface area (Å²) in [6.07, 6.45) is -5.20. The number of alkyl halides is 3. The van der Waals surface area contributed by atoms with Crippen LogP contribution in [-0.4, -0.2) is 11.0 Å². The normalized spacial score (nSPS) is 20.8. The second-order valence-corrected chi connectivity index (χ2v) is 6.01. The molecule has 2 atom stereocenters. The predicted octanol–water partition coefficient (Wildman–Crippen LogP) is 4.15. The van der Waals surface area contributed by atoms with E-state index in [-0.39, 0.29) is 27.5 Å². The minimum Gasteiger partial charge on any atom is -0.457 e. The van der Waals surface area contributed by atoms with Gasteiger partial charge < -0.3 is 9.84 Å². The topological polar surface area (TPSA) is 79.3 Å². The highest BCUT2D eigenvalue weighted by atomic mass is 32.2. The summed E-state index contributed by atoms with van der Waals surface area (Å²) in [5.41, 5.74) is -0.960. The van der Waals surface area contributed by atoms with Gasteiger partial charge in [0.25, 0.3) is 0 Å². The standard InChI is InChI=1S/C16H10F4N2O2S/c17-8-3-7(6-21)4-9(5-8)24-10-1-2-11(25-22)13-12(10)14(18)16(19,20)15(13)23/h1-5,14-15,23H,22H2. The molecule has 4 nitrogen and oxygen atoms in total. The first-order valence-corrected chi connectivity index (χ1v) is 7.79. The fourth-order valence-corrected chi connectivity index (χ4v) is 3.16. The fraction of sp³-hybridized carbons (Fsp3) is 0.188. The van der Waals surface area contributed by atoms with Crippen molar-refractivity contribution >= 4 is 11.9 Å². The predicted molar refractivity (Wildman–Crippen MR) is 81.4 cm³/mol. The summed E-state index contributed by atoms with van der Waals surface area (Å²) in [4.78, 5) is 0.0756. The molecule has 0 fully saturated rings. The molecular weight excluding hydrogens is 360 g/mol. The molecule has 0 bridgehead atoms. The van der Waals surface area contributed by atoms with Crippen LogP contribution >= 0.6 is 11.9 Å². The van der Waals surface area contributed by atoms with E-state index < -0.39 is 29.6 Å². The first-order chi connectivity index (χ1) is 11.8. The van der Waals surface area contributed by atoms with Gasteiger partial charge >= 0.3 is 5.92 Å². The number of aliphatic hydroxyl groups excluding tert-OH is 1. The van der Waals surface area contributed by atoms with Crippen LogP contribution in [0.25, 0.3) is 0 Å². The first kappa shape index (κ1) is 17.5. The van der Waals surface area contributed by atoms with Crippen LogP contribution in [0.15, 0.2) is 35.2 Å². The molecule has 0 amide bonds. The minimum atomic E-state index is -4.05. The van der Waals surface area contributed by atoms with Crippen molar-refractivity contribution < 1.29 is 27.4 Å². The molecule has 3 rings (SSSR count). The first-order valence-electron chi connectivity index (χ1n) is 6.91. The van der Waals surface area contributed by atoms with Gasteiger partial charge in [-0.3, -0.25) is 5.14 Å². The molecule has 0 radical (unpaired) electrons. The van der Waals surface area contributed by atoms with Crippen molar-refractivity contribution in [2.24, 2.45) is 5.14 Å². The van der Waals surface area contributed by atoms with Crippen molar-refractivity contribution in [1.82, 2.24) is 0 Å². The zero-order chi connectivity index (χ0) is 18.4. The van der Waals surface area contributed by atoms with E-state index in [9.17, 15) is 22.7 Å². The lowest BCUT2D eigenvalue weighted by Gasteiger charge is -2.16. The smallest absolute Gasteiger partial charge is 0.312 e. The van der Waals surface area contributed by atoms with Crippen LogP contribution in [-0.2, 0) is 0 Å². The molecule has 0 aliphatic heterocycles. The molecule has 0 heterocycles. The Balaban J connectivity index is 2.12. The zero-order valence-corrected chi connectivity index (χ0v) is 13.2. The molecule has 0 saturated heterocycles.